The van der Waals surface area contributed by atoms with Crippen LogP contribution in [0.25, 0.3) is 32.1 Å². The second kappa shape index (κ2) is 7.59. The van der Waals surface area contributed by atoms with E-state index in [1.54, 1.807) is 12.1 Å². The lowest BCUT2D eigenvalue weighted by Crippen LogP contribution is -2.06. The number of nitrogens with two attached hydrogens (primary N) is 1. The Labute approximate surface area is 172 Å². The van der Waals surface area contributed by atoms with Gasteiger partial charge in [-0.25, -0.2) is 4.39 Å². The monoisotopic (exact) mass is 468 g/mol. The van der Waals surface area contributed by atoms with E-state index in [9.17, 15) is 14.3 Å². The average Bonchev–Trinajstić information content (AvgIpc) is 3.09. The summed E-state index contributed by atoms with van der Waals surface area (Å²) in [6, 6.07) is 8.20. The number of hydrogen-bond acceptors (Lipinski definition) is 4. The van der Waals surface area contributed by atoms with Gasteiger partial charge in [-0.1, -0.05) is 12.1 Å². The summed E-state index contributed by atoms with van der Waals surface area (Å²) < 4.78 is 15.6. The van der Waals surface area contributed by atoms with E-state index < -0.39 is 0 Å². The standard InChI is InChI=1S/C19H14BrFN2O2S.ClH/c20-12-8-14(24)15(10-2-1-9(3-5-22)13(21)7-10)16-11-4-6-26-18(11)19(25)23-17(12)16;/h1-2,4,6-8,24H,3,5,22H2,(H,23,25);1H. The average molecular weight is 470 g/mol. The molecule has 0 unspecified atom stereocenters. The van der Waals surface area contributed by atoms with Gasteiger partial charge < -0.3 is 15.8 Å². The third-order valence-corrected chi connectivity index (χ3v) is 5.93. The Kier molecular flexibility index (Phi) is 5.58. The van der Waals surface area contributed by atoms with Crippen LogP contribution in [0.4, 0.5) is 4.39 Å². The number of benzene rings is 2. The van der Waals surface area contributed by atoms with E-state index in [1.807, 2.05) is 11.4 Å². The molecule has 27 heavy (non-hydrogen) atoms. The number of thiophene rings is 1. The van der Waals surface area contributed by atoms with E-state index in [2.05, 4.69) is 20.9 Å². The molecule has 0 aliphatic rings. The Morgan fingerprint density at radius 2 is 2.04 bits per heavy atom. The van der Waals surface area contributed by atoms with Crippen LogP contribution in [0.2, 0.25) is 0 Å². The molecule has 140 valence electrons. The zero-order valence-electron chi connectivity index (χ0n) is 13.9. The lowest BCUT2D eigenvalue weighted by Gasteiger charge is -2.13. The van der Waals surface area contributed by atoms with Crippen molar-refractivity contribution in [2.24, 2.45) is 5.73 Å². The first-order valence-electron chi connectivity index (χ1n) is 7.94. The van der Waals surface area contributed by atoms with E-state index in [0.29, 0.717) is 49.7 Å². The van der Waals surface area contributed by atoms with Crippen LogP contribution in [0.3, 0.4) is 0 Å². The van der Waals surface area contributed by atoms with Gasteiger partial charge in [0.25, 0.3) is 5.56 Å². The Morgan fingerprint density at radius 3 is 2.74 bits per heavy atom. The number of aromatic amines is 1. The van der Waals surface area contributed by atoms with E-state index >= 15 is 0 Å². The Balaban J connectivity index is 0.00000210. The van der Waals surface area contributed by atoms with E-state index in [-0.39, 0.29) is 29.5 Å². The van der Waals surface area contributed by atoms with Gasteiger partial charge in [0.1, 0.15) is 16.3 Å². The number of rotatable bonds is 3. The molecule has 4 N–H and O–H groups in total. The van der Waals surface area contributed by atoms with Crippen LogP contribution in [0.5, 0.6) is 5.75 Å². The smallest absolute Gasteiger partial charge is 0.266 e. The maximum absolute atomic E-state index is 14.4. The molecule has 0 fully saturated rings. The predicted molar refractivity (Wildman–Crippen MR) is 115 cm³/mol. The van der Waals surface area contributed by atoms with Crippen molar-refractivity contribution in [2.75, 3.05) is 6.54 Å². The highest BCUT2D eigenvalue weighted by molar-refractivity contribution is 9.10. The number of aromatic hydroxyl groups is 1. The summed E-state index contributed by atoms with van der Waals surface area (Å²) >= 11 is 4.72. The fourth-order valence-corrected chi connectivity index (χ4v) is 4.54. The number of halogens is 3. The van der Waals surface area contributed by atoms with Crippen LogP contribution >= 0.6 is 39.7 Å². The SMILES string of the molecule is Cl.NCCc1ccc(-c2c(O)cc(Br)c3[nH]c(=O)c4sccc4c23)cc1F. The largest absolute Gasteiger partial charge is 0.507 e. The van der Waals surface area contributed by atoms with Gasteiger partial charge in [0, 0.05) is 20.8 Å². The second-order valence-electron chi connectivity index (χ2n) is 5.96. The lowest BCUT2D eigenvalue weighted by molar-refractivity contribution is 0.477. The fourth-order valence-electron chi connectivity index (χ4n) is 3.23. The summed E-state index contributed by atoms with van der Waals surface area (Å²) in [6.07, 6.45) is 0.446. The Bertz CT molecular complexity index is 1220. The molecule has 0 amide bonds. The van der Waals surface area contributed by atoms with E-state index in [0.717, 1.165) is 5.39 Å². The van der Waals surface area contributed by atoms with Crippen molar-refractivity contribution in [3.05, 3.63) is 61.9 Å². The molecule has 8 heteroatoms. The van der Waals surface area contributed by atoms with Crippen LogP contribution in [0, 0.1) is 5.82 Å². The van der Waals surface area contributed by atoms with Crippen molar-refractivity contribution in [1.82, 2.24) is 4.98 Å². The minimum absolute atomic E-state index is 0. The lowest BCUT2D eigenvalue weighted by atomic mass is 9.96. The minimum atomic E-state index is -0.366. The van der Waals surface area contributed by atoms with Crippen LogP contribution in [-0.2, 0) is 6.42 Å². The molecule has 0 bridgehead atoms. The van der Waals surface area contributed by atoms with Crippen molar-refractivity contribution in [3.63, 3.8) is 0 Å². The molecule has 0 aliphatic heterocycles. The first-order valence-corrected chi connectivity index (χ1v) is 9.62. The van der Waals surface area contributed by atoms with Crippen molar-refractivity contribution < 1.29 is 9.50 Å². The molecule has 2 heterocycles. The van der Waals surface area contributed by atoms with Crippen LogP contribution in [0.1, 0.15) is 5.56 Å². The molecule has 2 aromatic carbocycles. The number of pyridine rings is 1. The molecule has 0 spiro atoms. The van der Waals surface area contributed by atoms with Gasteiger partial charge >= 0.3 is 0 Å². The molecule has 4 rings (SSSR count). The maximum atomic E-state index is 14.4. The molecule has 0 saturated carbocycles. The van der Waals surface area contributed by atoms with Crippen molar-refractivity contribution in [1.29, 1.82) is 0 Å². The van der Waals surface area contributed by atoms with Gasteiger partial charge in [0.2, 0.25) is 0 Å². The highest BCUT2D eigenvalue weighted by atomic mass is 79.9. The van der Waals surface area contributed by atoms with Crippen molar-refractivity contribution in [3.8, 4) is 16.9 Å². The summed E-state index contributed by atoms with van der Waals surface area (Å²) in [4.78, 5) is 15.2. The van der Waals surface area contributed by atoms with Crippen molar-refractivity contribution >= 4 is 60.7 Å². The molecule has 4 nitrogen and oxygen atoms in total. The van der Waals surface area contributed by atoms with Gasteiger partial charge in [0.05, 0.1) is 5.52 Å². The summed E-state index contributed by atoms with van der Waals surface area (Å²) in [5.41, 5.74) is 7.45. The number of hydrogen-bond donors (Lipinski definition) is 3. The number of phenols is 1. The first kappa shape index (κ1) is 19.8. The number of nitrogens with one attached hydrogen (secondary N) is 1. The zero-order chi connectivity index (χ0) is 18.4. The molecular weight excluding hydrogens is 455 g/mol. The topological polar surface area (TPSA) is 79.1 Å². The van der Waals surface area contributed by atoms with E-state index in [1.165, 1.54) is 23.5 Å². The number of fused-ring (bicyclic) bond motifs is 3. The first-order chi connectivity index (χ1) is 12.5. The summed E-state index contributed by atoms with van der Waals surface area (Å²) in [5.74, 6) is -0.357. The van der Waals surface area contributed by atoms with E-state index in [4.69, 9.17) is 5.73 Å². The number of H-pyrrole nitrogens is 1. The second-order valence-corrected chi connectivity index (χ2v) is 7.74. The molecule has 0 atom stereocenters. The number of phenolic OH excluding ortho intramolecular Hbond substituents is 1. The third kappa shape index (κ3) is 3.25. The molecule has 0 aliphatic carbocycles. The minimum Gasteiger partial charge on any atom is -0.507 e. The summed E-state index contributed by atoms with van der Waals surface area (Å²) in [6.45, 7) is 0.361. The third-order valence-electron chi connectivity index (χ3n) is 4.39. The van der Waals surface area contributed by atoms with Gasteiger partial charge in [0.15, 0.2) is 0 Å². The Morgan fingerprint density at radius 1 is 1.26 bits per heavy atom. The van der Waals surface area contributed by atoms with Crippen LogP contribution in [-0.4, -0.2) is 16.6 Å². The molecule has 0 saturated heterocycles. The molecule has 2 aromatic heterocycles. The zero-order valence-corrected chi connectivity index (χ0v) is 17.1. The molecule has 0 radical (unpaired) electrons. The summed E-state index contributed by atoms with van der Waals surface area (Å²) in [5, 5.41) is 13.8. The van der Waals surface area contributed by atoms with Gasteiger partial charge in [-0.15, -0.1) is 23.7 Å². The van der Waals surface area contributed by atoms with Crippen LogP contribution < -0.4 is 11.3 Å². The van der Waals surface area contributed by atoms with Gasteiger partial charge in [-0.3, -0.25) is 4.79 Å². The highest BCUT2D eigenvalue weighted by Gasteiger charge is 2.18. The molecular formula is C19H15BrClFN2O2S. The quantitative estimate of drug-likeness (QED) is 0.398. The van der Waals surface area contributed by atoms with Gasteiger partial charge in [-0.05, 0) is 63.6 Å². The highest BCUT2D eigenvalue weighted by Crippen LogP contribution is 2.43. The van der Waals surface area contributed by atoms with Crippen molar-refractivity contribution in [2.45, 2.75) is 6.42 Å². The molecule has 4 aromatic rings. The maximum Gasteiger partial charge on any atom is 0.266 e. The van der Waals surface area contributed by atoms with Crippen LogP contribution in [0.15, 0.2) is 45.0 Å². The fraction of sp³-hybridized carbons (Fsp3) is 0.105. The van der Waals surface area contributed by atoms with Gasteiger partial charge in [-0.2, -0.15) is 0 Å². The number of aromatic nitrogens is 1. The normalized spacial score (nSPS) is 11.1. The Hall–Kier alpha value is -1.93. The summed E-state index contributed by atoms with van der Waals surface area (Å²) in [7, 11) is 0. The predicted octanol–water partition coefficient (Wildman–Crippen LogP) is 4.94.